The Kier molecular flexibility index (Phi) is 2.49. The highest BCUT2D eigenvalue weighted by atomic mass is 16.5. The molecule has 0 aliphatic heterocycles. The van der Waals surface area contributed by atoms with Crippen LogP contribution in [-0.2, 0) is 0 Å². The fraction of sp³-hybridized carbons (Fsp3) is 0. The van der Waals surface area contributed by atoms with E-state index < -0.39 is 0 Å². The van der Waals surface area contributed by atoms with Gasteiger partial charge in [0.2, 0.25) is 5.88 Å². The molecule has 0 aliphatic carbocycles. The highest BCUT2D eigenvalue weighted by Crippen LogP contribution is 2.28. The fourth-order valence-electron chi connectivity index (χ4n) is 1.75. The van der Waals surface area contributed by atoms with E-state index in [4.69, 9.17) is 4.74 Å². The molecule has 5 nitrogen and oxygen atoms in total. The number of hydrogen-bond acceptors (Lipinski definition) is 4. The van der Waals surface area contributed by atoms with Crippen molar-refractivity contribution < 1.29 is 4.74 Å². The number of ether oxygens (including phenoxy) is 1. The van der Waals surface area contributed by atoms with Crippen LogP contribution in [0.25, 0.3) is 10.9 Å². The van der Waals surface area contributed by atoms with Gasteiger partial charge in [-0.1, -0.05) is 6.07 Å². The lowest BCUT2D eigenvalue weighted by molar-refractivity contribution is 0.468. The van der Waals surface area contributed by atoms with Crippen LogP contribution in [-0.4, -0.2) is 9.97 Å². The molecule has 0 atom stereocenters. The molecule has 0 saturated heterocycles. The quantitative estimate of drug-likeness (QED) is 0.707. The van der Waals surface area contributed by atoms with Gasteiger partial charge >= 0.3 is 0 Å². The van der Waals surface area contributed by atoms with Crippen molar-refractivity contribution in [2.45, 2.75) is 0 Å². The Balaban J connectivity index is 1.95. The number of fused-ring (bicyclic) bond motifs is 1. The summed E-state index contributed by atoms with van der Waals surface area (Å²) in [6.07, 6.45) is 3.23. The number of rotatable bonds is 3. The van der Waals surface area contributed by atoms with E-state index in [9.17, 15) is 4.91 Å². The number of nitrogens with zero attached hydrogens (tertiary/aromatic N) is 2. The van der Waals surface area contributed by atoms with Crippen LogP contribution in [0.2, 0.25) is 0 Å². The summed E-state index contributed by atoms with van der Waals surface area (Å²) in [5.74, 6) is 1.14. The van der Waals surface area contributed by atoms with Crippen molar-refractivity contribution in [3.63, 3.8) is 0 Å². The maximum absolute atomic E-state index is 10.3. The molecule has 0 radical (unpaired) electrons. The first-order valence-electron chi connectivity index (χ1n) is 5.40. The lowest BCUT2D eigenvalue weighted by atomic mass is 10.2. The van der Waals surface area contributed by atoms with Gasteiger partial charge in [-0.25, -0.2) is 4.98 Å². The molecule has 0 saturated carbocycles. The predicted octanol–water partition coefficient (Wildman–Crippen LogP) is 3.75. The van der Waals surface area contributed by atoms with Crippen molar-refractivity contribution in [2.75, 3.05) is 0 Å². The molecule has 5 heteroatoms. The van der Waals surface area contributed by atoms with Crippen molar-refractivity contribution in [3.8, 4) is 11.6 Å². The Hall–Kier alpha value is -2.69. The summed E-state index contributed by atoms with van der Waals surface area (Å²) in [5, 5.41) is 3.77. The van der Waals surface area contributed by atoms with Crippen molar-refractivity contribution in [1.29, 1.82) is 0 Å². The zero-order valence-corrected chi connectivity index (χ0v) is 9.33. The second-order valence-corrected chi connectivity index (χ2v) is 3.74. The van der Waals surface area contributed by atoms with Gasteiger partial charge in [0, 0.05) is 23.2 Å². The standard InChI is InChI=1S/C13H9N3O2/c17-16-9-4-5-13(15-8-9)18-12-3-1-2-11-10(12)6-7-14-11/h1-8,14H. The van der Waals surface area contributed by atoms with Gasteiger partial charge in [-0.15, -0.1) is 4.91 Å². The second-order valence-electron chi connectivity index (χ2n) is 3.74. The molecule has 0 aliphatic rings. The van der Waals surface area contributed by atoms with Crippen LogP contribution < -0.4 is 4.74 Å². The molecular formula is C13H9N3O2. The molecule has 18 heavy (non-hydrogen) atoms. The molecule has 0 bridgehead atoms. The molecular weight excluding hydrogens is 230 g/mol. The molecule has 1 aromatic carbocycles. The minimum Gasteiger partial charge on any atom is -0.438 e. The van der Waals surface area contributed by atoms with Gasteiger partial charge in [-0.2, -0.15) is 0 Å². The number of nitrogens with one attached hydrogen (secondary N) is 1. The van der Waals surface area contributed by atoms with Crippen LogP contribution in [0, 0.1) is 4.91 Å². The van der Waals surface area contributed by atoms with Crippen LogP contribution in [0.1, 0.15) is 0 Å². The number of pyridine rings is 1. The van der Waals surface area contributed by atoms with Gasteiger partial charge < -0.3 is 9.72 Å². The first-order valence-corrected chi connectivity index (χ1v) is 5.40. The third-order valence-corrected chi connectivity index (χ3v) is 2.60. The van der Waals surface area contributed by atoms with E-state index in [0.717, 1.165) is 10.9 Å². The van der Waals surface area contributed by atoms with Crippen LogP contribution in [0.3, 0.4) is 0 Å². The number of H-pyrrole nitrogens is 1. The first-order chi connectivity index (χ1) is 8.86. The van der Waals surface area contributed by atoms with Crippen molar-refractivity contribution in [2.24, 2.45) is 5.18 Å². The molecule has 1 N–H and O–H groups in total. The average molecular weight is 239 g/mol. The van der Waals surface area contributed by atoms with Gasteiger partial charge in [0.15, 0.2) is 0 Å². The van der Waals surface area contributed by atoms with Crippen LogP contribution in [0.15, 0.2) is 54.0 Å². The minimum absolute atomic E-state index is 0.280. The van der Waals surface area contributed by atoms with Crippen LogP contribution in [0.4, 0.5) is 5.69 Å². The van der Waals surface area contributed by atoms with Crippen molar-refractivity contribution in [3.05, 3.63) is 53.7 Å². The number of hydrogen-bond donors (Lipinski definition) is 1. The van der Waals surface area contributed by atoms with E-state index in [1.807, 2.05) is 30.5 Å². The molecule has 0 unspecified atom stereocenters. The Morgan fingerprint density at radius 2 is 2.11 bits per heavy atom. The lowest BCUT2D eigenvalue weighted by Crippen LogP contribution is -1.87. The third kappa shape index (κ3) is 1.82. The Morgan fingerprint density at radius 3 is 2.89 bits per heavy atom. The molecule has 88 valence electrons. The SMILES string of the molecule is O=Nc1ccc(Oc2cccc3[nH]ccc23)nc1. The number of nitroso groups, excluding NO2 is 1. The van der Waals surface area contributed by atoms with Gasteiger partial charge in [0.1, 0.15) is 11.4 Å². The van der Waals surface area contributed by atoms with Crippen LogP contribution in [0.5, 0.6) is 11.6 Å². The minimum atomic E-state index is 0.280. The summed E-state index contributed by atoms with van der Waals surface area (Å²) in [7, 11) is 0. The van der Waals surface area contributed by atoms with Crippen molar-refractivity contribution in [1.82, 2.24) is 9.97 Å². The van der Waals surface area contributed by atoms with Gasteiger partial charge in [0.25, 0.3) is 0 Å². The number of aromatic nitrogens is 2. The summed E-state index contributed by atoms with van der Waals surface area (Å²) >= 11 is 0. The summed E-state index contributed by atoms with van der Waals surface area (Å²) < 4.78 is 5.67. The van der Waals surface area contributed by atoms with E-state index in [1.54, 1.807) is 12.1 Å². The van der Waals surface area contributed by atoms with Crippen molar-refractivity contribution >= 4 is 16.6 Å². The molecule has 0 spiro atoms. The Labute approximate surface area is 102 Å². The maximum atomic E-state index is 10.3. The van der Waals surface area contributed by atoms with E-state index in [0.29, 0.717) is 11.6 Å². The van der Waals surface area contributed by atoms with E-state index in [1.165, 1.54) is 6.20 Å². The molecule has 2 aromatic heterocycles. The molecule has 3 aromatic rings. The number of benzene rings is 1. The van der Waals surface area contributed by atoms with E-state index in [2.05, 4.69) is 15.1 Å². The number of aromatic amines is 1. The Bertz CT molecular complexity index is 689. The summed E-state index contributed by atoms with van der Waals surface area (Å²) in [4.78, 5) is 17.4. The topological polar surface area (TPSA) is 67.3 Å². The summed E-state index contributed by atoms with van der Waals surface area (Å²) in [6.45, 7) is 0. The van der Waals surface area contributed by atoms with Crippen LogP contribution >= 0.6 is 0 Å². The maximum Gasteiger partial charge on any atom is 0.219 e. The third-order valence-electron chi connectivity index (χ3n) is 2.60. The molecule has 0 amide bonds. The molecule has 2 heterocycles. The largest absolute Gasteiger partial charge is 0.438 e. The van der Waals surface area contributed by atoms with Gasteiger partial charge in [-0.3, -0.25) is 0 Å². The lowest BCUT2D eigenvalue weighted by Gasteiger charge is -2.05. The van der Waals surface area contributed by atoms with Gasteiger partial charge in [0.05, 0.1) is 6.20 Å². The predicted molar refractivity (Wildman–Crippen MR) is 68.1 cm³/mol. The molecule has 3 rings (SSSR count). The average Bonchev–Trinajstić information content (AvgIpc) is 2.89. The van der Waals surface area contributed by atoms with E-state index in [-0.39, 0.29) is 5.69 Å². The van der Waals surface area contributed by atoms with E-state index >= 15 is 0 Å². The molecule has 0 fully saturated rings. The highest BCUT2D eigenvalue weighted by Gasteiger charge is 2.04. The van der Waals surface area contributed by atoms with Gasteiger partial charge in [-0.05, 0) is 29.4 Å². The normalized spacial score (nSPS) is 10.4. The summed E-state index contributed by atoms with van der Waals surface area (Å²) in [6, 6.07) is 10.8. The highest BCUT2D eigenvalue weighted by molar-refractivity contribution is 5.85. The summed E-state index contributed by atoms with van der Waals surface area (Å²) in [5.41, 5.74) is 1.28. The first kappa shape index (κ1) is 10.5. The zero-order valence-electron chi connectivity index (χ0n) is 9.33. The fourth-order valence-corrected chi connectivity index (χ4v) is 1.75. The monoisotopic (exact) mass is 239 g/mol. The smallest absolute Gasteiger partial charge is 0.219 e. The zero-order chi connectivity index (χ0) is 12.4. The Morgan fingerprint density at radius 1 is 1.17 bits per heavy atom. The second kappa shape index (κ2) is 4.29.